The van der Waals surface area contributed by atoms with E-state index in [2.05, 4.69) is 0 Å². The van der Waals surface area contributed by atoms with Gasteiger partial charge in [-0.05, 0) is 37.0 Å². The van der Waals surface area contributed by atoms with Crippen molar-refractivity contribution in [1.82, 2.24) is 0 Å². The highest BCUT2D eigenvalue weighted by Crippen LogP contribution is 2.31. The van der Waals surface area contributed by atoms with Gasteiger partial charge in [-0.3, -0.25) is 4.79 Å². The number of benzene rings is 1. The van der Waals surface area contributed by atoms with Gasteiger partial charge in [0.05, 0.1) is 5.56 Å². The monoisotopic (exact) mass is 261 g/mol. The number of rotatable bonds is 2. The van der Waals surface area contributed by atoms with E-state index in [1.165, 1.54) is 0 Å². The molecular weight excluding hydrogens is 246 g/mol. The lowest BCUT2D eigenvalue weighted by atomic mass is 10.1. The summed E-state index contributed by atoms with van der Waals surface area (Å²) in [5.74, 6) is -1.02. The van der Waals surface area contributed by atoms with Crippen molar-refractivity contribution in [1.29, 1.82) is 0 Å². The Morgan fingerprint density at radius 2 is 2.21 bits per heavy atom. The number of ether oxygens (including phenoxy) is 1. The number of carboxylic acid groups (broad SMARTS) is 1. The zero-order valence-corrected chi connectivity index (χ0v) is 10.5. The third-order valence-corrected chi connectivity index (χ3v) is 3.70. The van der Waals surface area contributed by atoms with Crippen molar-refractivity contribution >= 4 is 17.6 Å². The van der Waals surface area contributed by atoms with E-state index in [0.29, 0.717) is 13.2 Å². The van der Waals surface area contributed by atoms with Crippen LogP contribution in [-0.2, 0) is 16.0 Å². The number of amides is 1. The predicted octanol–water partition coefficient (Wildman–Crippen LogP) is 1.45. The summed E-state index contributed by atoms with van der Waals surface area (Å²) in [6.07, 6.45) is 2.07. The van der Waals surface area contributed by atoms with Gasteiger partial charge >= 0.3 is 5.97 Å². The maximum absolute atomic E-state index is 12.3. The molecule has 19 heavy (non-hydrogen) atoms. The molecule has 0 aromatic heterocycles. The van der Waals surface area contributed by atoms with Gasteiger partial charge in [-0.15, -0.1) is 0 Å². The van der Waals surface area contributed by atoms with Crippen LogP contribution in [0.3, 0.4) is 0 Å². The first-order valence-corrected chi connectivity index (χ1v) is 6.46. The molecule has 0 aliphatic carbocycles. The van der Waals surface area contributed by atoms with Crippen molar-refractivity contribution in [3.63, 3.8) is 0 Å². The number of hydrogen-bond donors (Lipinski definition) is 1. The lowest BCUT2D eigenvalue weighted by Crippen LogP contribution is -2.37. The van der Waals surface area contributed by atoms with Crippen LogP contribution in [0.25, 0.3) is 0 Å². The van der Waals surface area contributed by atoms with Crippen LogP contribution < -0.4 is 4.90 Å². The van der Waals surface area contributed by atoms with E-state index in [0.717, 1.165) is 30.5 Å². The second kappa shape index (κ2) is 4.66. The summed E-state index contributed by atoms with van der Waals surface area (Å²) in [7, 11) is 0. The van der Waals surface area contributed by atoms with E-state index >= 15 is 0 Å². The Bertz CT molecular complexity index is 534. The number of aromatic carboxylic acids is 1. The molecule has 2 heterocycles. The smallest absolute Gasteiger partial charge is 0.335 e. The molecule has 0 spiro atoms. The van der Waals surface area contributed by atoms with Crippen LogP contribution in [0.15, 0.2) is 18.2 Å². The first kappa shape index (κ1) is 12.2. The number of anilines is 1. The van der Waals surface area contributed by atoms with Crippen molar-refractivity contribution < 1.29 is 19.4 Å². The topological polar surface area (TPSA) is 66.8 Å². The molecule has 1 atom stereocenters. The van der Waals surface area contributed by atoms with Crippen LogP contribution in [0.4, 0.5) is 5.69 Å². The van der Waals surface area contributed by atoms with Crippen molar-refractivity contribution in [2.24, 2.45) is 0 Å². The van der Waals surface area contributed by atoms with Gasteiger partial charge in [-0.25, -0.2) is 4.79 Å². The Kier molecular flexibility index (Phi) is 2.98. The van der Waals surface area contributed by atoms with Gasteiger partial charge in [0.2, 0.25) is 0 Å². The fourth-order valence-electron chi connectivity index (χ4n) is 2.69. The minimum absolute atomic E-state index is 0.0428. The molecular formula is C14H15NO4. The van der Waals surface area contributed by atoms with Crippen molar-refractivity contribution in [2.75, 3.05) is 18.1 Å². The normalized spacial score (nSPS) is 21.5. The first-order chi connectivity index (χ1) is 9.16. The Balaban J connectivity index is 1.89. The number of carbonyl (C=O) groups excluding carboxylic acids is 1. The largest absolute Gasteiger partial charge is 0.478 e. The number of carbonyl (C=O) groups is 2. The van der Waals surface area contributed by atoms with Crippen molar-refractivity contribution in [3.05, 3.63) is 29.3 Å². The predicted molar refractivity (Wildman–Crippen MR) is 68.4 cm³/mol. The van der Waals surface area contributed by atoms with Crippen LogP contribution >= 0.6 is 0 Å². The van der Waals surface area contributed by atoms with E-state index in [1.54, 1.807) is 23.1 Å². The van der Waals surface area contributed by atoms with Crippen LogP contribution in [0, 0.1) is 0 Å². The molecule has 5 heteroatoms. The second-order valence-corrected chi connectivity index (χ2v) is 4.89. The lowest BCUT2D eigenvalue weighted by molar-refractivity contribution is -0.127. The summed E-state index contributed by atoms with van der Waals surface area (Å²) >= 11 is 0. The third-order valence-electron chi connectivity index (χ3n) is 3.70. The molecule has 2 aliphatic heterocycles. The number of hydrogen-bond acceptors (Lipinski definition) is 3. The average molecular weight is 261 g/mol. The summed E-state index contributed by atoms with van der Waals surface area (Å²) in [4.78, 5) is 25.0. The highest BCUT2D eigenvalue weighted by atomic mass is 16.5. The Hall–Kier alpha value is -1.88. The summed E-state index contributed by atoms with van der Waals surface area (Å²) in [6, 6.07) is 4.96. The number of carboxylic acids is 1. The average Bonchev–Trinajstić information content (AvgIpc) is 3.06. The molecule has 1 fully saturated rings. The quantitative estimate of drug-likeness (QED) is 0.875. The lowest BCUT2D eigenvalue weighted by Gasteiger charge is -2.21. The van der Waals surface area contributed by atoms with Gasteiger partial charge in [0.1, 0.15) is 6.10 Å². The zero-order valence-electron chi connectivity index (χ0n) is 10.5. The van der Waals surface area contributed by atoms with Crippen LogP contribution in [0.2, 0.25) is 0 Å². The molecule has 1 N–H and O–H groups in total. The Morgan fingerprint density at radius 1 is 1.37 bits per heavy atom. The van der Waals surface area contributed by atoms with Crippen LogP contribution in [0.1, 0.15) is 28.8 Å². The number of fused-ring (bicyclic) bond motifs is 1. The molecule has 1 aromatic carbocycles. The molecule has 1 aromatic rings. The fourth-order valence-corrected chi connectivity index (χ4v) is 2.69. The standard InChI is InChI=1S/C14H15NO4/c16-13(12-2-1-7-19-12)15-6-5-9-3-4-10(14(17)18)8-11(9)15/h3-4,8,12H,1-2,5-7H2,(H,17,18)/t12-/m1/s1. The van der Waals surface area contributed by atoms with E-state index in [4.69, 9.17) is 9.84 Å². The summed E-state index contributed by atoms with van der Waals surface area (Å²) in [5.41, 5.74) is 1.96. The third kappa shape index (κ3) is 2.10. The molecule has 5 nitrogen and oxygen atoms in total. The molecule has 1 saturated heterocycles. The summed E-state index contributed by atoms with van der Waals surface area (Å²) in [6.45, 7) is 1.24. The van der Waals surface area contributed by atoms with Crippen molar-refractivity contribution in [2.45, 2.75) is 25.4 Å². The minimum Gasteiger partial charge on any atom is -0.478 e. The number of nitrogens with zero attached hydrogens (tertiary/aromatic N) is 1. The van der Waals surface area contributed by atoms with E-state index in [9.17, 15) is 9.59 Å². The van der Waals surface area contributed by atoms with E-state index in [1.807, 2.05) is 0 Å². The molecule has 2 aliphatic rings. The van der Waals surface area contributed by atoms with Crippen LogP contribution in [0.5, 0.6) is 0 Å². The van der Waals surface area contributed by atoms with E-state index < -0.39 is 5.97 Å². The van der Waals surface area contributed by atoms with Gasteiger partial charge in [0, 0.05) is 18.8 Å². The zero-order chi connectivity index (χ0) is 13.4. The summed E-state index contributed by atoms with van der Waals surface area (Å²) < 4.78 is 5.41. The van der Waals surface area contributed by atoms with Gasteiger partial charge < -0.3 is 14.7 Å². The second-order valence-electron chi connectivity index (χ2n) is 4.89. The Morgan fingerprint density at radius 3 is 2.89 bits per heavy atom. The van der Waals surface area contributed by atoms with Gasteiger partial charge in [0.15, 0.2) is 0 Å². The minimum atomic E-state index is -0.973. The SMILES string of the molecule is O=C(O)c1ccc2c(c1)N(C(=O)[C@H]1CCCO1)CC2. The summed E-state index contributed by atoms with van der Waals surface area (Å²) in [5, 5.41) is 9.02. The maximum atomic E-state index is 12.3. The van der Waals surface area contributed by atoms with Gasteiger partial charge in [-0.1, -0.05) is 6.07 Å². The molecule has 100 valence electrons. The van der Waals surface area contributed by atoms with Gasteiger partial charge in [-0.2, -0.15) is 0 Å². The fraction of sp³-hybridized carbons (Fsp3) is 0.429. The highest BCUT2D eigenvalue weighted by Gasteiger charge is 2.32. The highest BCUT2D eigenvalue weighted by molar-refractivity contribution is 6.00. The first-order valence-electron chi connectivity index (χ1n) is 6.46. The maximum Gasteiger partial charge on any atom is 0.335 e. The van der Waals surface area contributed by atoms with Gasteiger partial charge in [0.25, 0.3) is 5.91 Å². The molecule has 0 saturated carbocycles. The Labute approximate surface area is 110 Å². The van der Waals surface area contributed by atoms with E-state index in [-0.39, 0.29) is 17.6 Å². The molecule has 1 amide bonds. The molecule has 3 rings (SSSR count). The molecule has 0 radical (unpaired) electrons. The molecule has 0 unspecified atom stereocenters. The van der Waals surface area contributed by atoms with Crippen molar-refractivity contribution in [3.8, 4) is 0 Å². The van der Waals surface area contributed by atoms with Crippen LogP contribution in [-0.4, -0.2) is 36.2 Å². The molecule has 0 bridgehead atoms.